The lowest BCUT2D eigenvalue weighted by atomic mass is 10.0. The molecule has 138 valence electrons. The Hall–Kier alpha value is -1.76. The maximum atomic E-state index is 13.1. The van der Waals surface area contributed by atoms with Gasteiger partial charge in [0.2, 0.25) is 0 Å². The van der Waals surface area contributed by atoms with E-state index in [1.54, 1.807) is 0 Å². The van der Waals surface area contributed by atoms with Crippen molar-refractivity contribution in [3.8, 4) is 0 Å². The summed E-state index contributed by atoms with van der Waals surface area (Å²) in [6.45, 7) is 3.34. The van der Waals surface area contributed by atoms with Gasteiger partial charge < -0.3 is 15.0 Å². The topological polar surface area (TPSA) is 41.6 Å². The summed E-state index contributed by atoms with van der Waals surface area (Å²) >= 11 is 0. The third-order valence-electron chi connectivity index (χ3n) is 4.92. The molecule has 2 aliphatic heterocycles. The van der Waals surface area contributed by atoms with Gasteiger partial charge >= 0.3 is 6.18 Å². The molecule has 2 heterocycles. The van der Waals surface area contributed by atoms with Gasteiger partial charge in [-0.2, -0.15) is 13.2 Å². The van der Waals surface area contributed by atoms with Crippen LogP contribution in [0.1, 0.15) is 44.6 Å². The SMILES string of the molecule is CC1CCCCN1c1ccc(C(F)(F)F)cc1NC(=O)C1CCCO1. The van der Waals surface area contributed by atoms with Crippen molar-refractivity contribution in [2.75, 3.05) is 23.4 Å². The van der Waals surface area contributed by atoms with E-state index in [0.29, 0.717) is 18.7 Å². The zero-order valence-electron chi connectivity index (χ0n) is 14.2. The monoisotopic (exact) mass is 356 g/mol. The number of hydrogen-bond acceptors (Lipinski definition) is 3. The van der Waals surface area contributed by atoms with Gasteiger partial charge in [0, 0.05) is 19.2 Å². The Morgan fingerprint density at radius 2 is 2.04 bits per heavy atom. The second-order valence-corrected chi connectivity index (χ2v) is 6.76. The number of ether oxygens (including phenoxy) is 1. The van der Waals surface area contributed by atoms with Gasteiger partial charge in [-0.1, -0.05) is 0 Å². The smallest absolute Gasteiger partial charge is 0.368 e. The minimum atomic E-state index is -4.45. The maximum absolute atomic E-state index is 13.1. The van der Waals surface area contributed by atoms with Crippen LogP contribution in [0.15, 0.2) is 18.2 Å². The molecule has 7 heteroatoms. The number of nitrogens with one attached hydrogen (secondary N) is 1. The van der Waals surface area contributed by atoms with E-state index in [9.17, 15) is 18.0 Å². The molecule has 1 aromatic rings. The van der Waals surface area contributed by atoms with Crippen LogP contribution in [0.25, 0.3) is 0 Å². The highest BCUT2D eigenvalue weighted by atomic mass is 19.4. The molecule has 2 unspecified atom stereocenters. The predicted octanol–water partition coefficient (Wildman–Crippen LogP) is 4.20. The Balaban J connectivity index is 1.91. The number of hydrogen-bond donors (Lipinski definition) is 1. The molecule has 0 saturated carbocycles. The lowest BCUT2D eigenvalue weighted by Crippen LogP contribution is -2.38. The van der Waals surface area contributed by atoms with E-state index >= 15 is 0 Å². The molecule has 0 aliphatic carbocycles. The quantitative estimate of drug-likeness (QED) is 0.882. The van der Waals surface area contributed by atoms with E-state index in [4.69, 9.17) is 4.74 Å². The molecule has 0 bridgehead atoms. The van der Waals surface area contributed by atoms with E-state index in [2.05, 4.69) is 17.1 Å². The van der Waals surface area contributed by atoms with Crippen LogP contribution < -0.4 is 10.2 Å². The molecule has 1 amide bonds. The molecule has 2 atom stereocenters. The van der Waals surface area contributed by atoms with Gasteiger partial charge in [-0.3, -0.25) is 4.79 Å². The van der Waals surface area contributed by atoms with Crippen molar-refractivity contribution in [1.82, 2.24) is 0 Å². The highest BCUT2D eigenvalue weighted by Crippen LogP contribution is 2.37. The number of amides is 1. The van der Waals surface area contributed by atoms with E-state index in [1.165, 1.54) is 6.07 Å². The fourth-order valence-electron chi connectivity index (χ4n) is 3.52. The second-order valence-electron chi connectivity index (χ2n) is 6.76. The molecule has 1 aromatic carbocycles. The van der Waals surface area contributed by atoms with Crippen LogP contribution in [-0.2, 0) is 15.7 Å². The zero-order valence-corrected chi connectivity index (χ0v) is 14.2. The standard InChI is InChI=1S/C18H23F3N2O2/c1-12-5-2-3-9-23(12)15-8-7-13(18(19,20)21)11-14(15)22-17(24)16-6-4-10-25-16/h7-8,11-12,16H,2-6,9-10H2,1H3,(H,22,24). The first-order valence-electron chi connectivity index (χ1n) is 8.76. The highest BCUT2D eigenvalue weighted by Gasteiger charge is 2.33. The molecule has 1 N–H and O–H groups in total. The van der Waals surface area contributed by atoms with Gasteiger partial charge in [0.1, 0.15) is 6.10 Å². The van der Waals surface area contributed by atoms with Gasteiger partial charge in [-0.05, 0) is 57.2 Å². The van der Waals surface area contributed by atoms with E-state index in [-0.39, 0.29) is 17.6 Å². The normalized spacial score (nSPS) is 24.4. The van der Waals surface area contributed by atoms with Crippen LogP contribution >= 0.6 is 0 Å². The minimum Gasteiger partial charge on any atom is -0.368 e. The largest absolute Gasteiger partial charge is 0.416 e. The Labute approximate surface area is 145 Å². The average molecular weight is 356 g/mol. The fraction of sp³-hybridized carbons (Fsp3) is 0.611. The van der Waals surface area contributed by atoms with Gasteiger partial charge in [-0.25, -0.2) is 0 Å². The molecule has 2 saturated heterocycles. The zero-order chi connectivity index (χ0) is 18.0. The van der Waals surface area contributed by atoms with Crippen molar-refractivity contribution >= 4 is 17.3 Å². The molecule has 25 heavy (non-hydrogen) atoms. The molecule has 2 fully saturated rings. The Kier molecular flexibility index (Phi) is 5.22. The lowest BCUT2D eigenvalue weighted by Gasteiger charge is -2.37. The van der Waals surface area contributed by atoms with Crippen molar-refractivity contribution in [3.63, 3.8) is 0 Å². The number of carbonyl (C=O) groups is 1. The average Bonchev–Trinajstić information content (AvgIpc) is 3.09. The number of benzene rings is 1. The summed E-state index contributed by atoms with van der Waals surface area (Å²) in [7, 11) is 0. The predicted molar refractivity (Wildman–Crippen MR) is 89.7 cm³/mol. The molecule has 2 aliphatic rings. The van der Waals surface area contributed by atoms with Crippen LogP contribution in [-0.4, -0.2) is 31.2 Å². The fourth-order valence-corrected chi connectivity index (χ4v) is 3.52. The summed E-state index contributed by atoms with van der Waals surface area (Å²) in [6, 6.07) is 3.81. The molecular formula is C18H23F3N2O2. The molecule has 3 rings (SSSR count). The van der Waals surface area contributed by atoms with E-state index in [1.807, 2.05) is 0 Å². The molecule has 0 aromatic heterocycles. The molecule has 4 nitrogen and oxygen atoms in total. The van der Waals surface area contributed by atoms with Crippen molar-refractivity contribution < 1.29 is 22.7 Å². The molecule has 0 spiro atoms. The summed E-state index contributed by atoms with van der Waals surface area (Å²) in [5.41, 5.74) is 0.0965. The van der Waals surface area contributed by atoms with Crippen molar-refractivity contribution in [2.24, 2.45) is 0 Å². The highest BCUT2D eigenvalue weighted by molar-refractivity contribution is 5.97. The lowest BCUT2D eigenvalue weighted by molar-refractivity contribution is -0.137. The first-order valence-corrected chi connectivity index (χ1v) is 8.76. The van der Waals surface area contributed by atoms with Gasteiger partial charge in [-0.15, -0.1) is 0 Å². The van der Waals surface area contributed by atoms with Crippen LogP contribution in [0.4, 0.5) is 24.5 Å². The van der Waals surface area contributed by atoms with E-state index < -0.39 is 17.8 Å². The second kappa shape index (κ2) is 7.23. The number of alkyl halides is 3. The summed E-state index contributed by atoms with van der Waals surface area (Å²) in [4.78, 5) is 14.4. The van der Waals surface area contributed by atoms with Crippen LogP contribution in [0.5, 0.6) is 0 Å². The van der Waals surface area contributed by atoms with Crippen molar-refractivity contribution in [2.45, 2.75) is 57.3 Å². The minimum absolute atomic E-state index is 0.212. The number of rotatable bonds is 3. The van der Waals surface area contributed by atoms with Gasteiger partial charge in [0.15, 0.2) is 0 Å². The molecular weight excluding hydrogens is 333 g/mol. The van der Waals surface area contributed by atoms with Crippen molar-refractivity contribution in [1.29, 1.82) is 0 Å². The van der Waals surface area contributed by atoms with E-state index in [0.717, 1.165) is 44.4 Å². The number of nitrogens with zero attached hydrogens (tertiary/aromatic N) is 1. The third-order valence-corrected chi connectivity index (χ3v) is 4.92. The van der Waals surface area contributed by atoms with Crippen LogP contribution in [0, 0.1) is 0 Å². The number of halogens is 3. The first-order chi connectivity index (χ1) is 11.9. The van der Waals surface area contributed by atoms with Crippen LogP contribution in [0.2, 0.25) is 0 Å². The summed E-state index contributed by atoms with van der Waals surface area (Å²) in [5.74, 6) is -0.372. The summed E-state index contributed by atoms with van der Waals surface area (Å²) in [6.07, 6.45) is -0.562. The summed E-state index contributed by atoms with van der Waals surface area (Å²) < 4.78 is 44.7. The Bertz CT molecular complexity index is 627. The number of anilines is 2. The van der Waals surface area contributed by atoms with Crippen molar-refractivity contribution in [3.05, 3.63) is 23.8 Å². The van der Waals surface area contributed by atoms with Gasteiger partial charge in [0.05, 0.1) is 16.9 Å². The number of piperidine rings is 1. The Morgan fingerprint density at radius 1 is 1.24 bits per heavy atom. The third kappa shape index (κ3) is 4.08. The first kappa shape index (κ1) is 18.0. The Morgan fingerprint density at radius 3 is 2.68 bits per heavy atom. The summed E-state index contributed by atoms with van der Waals surface area (Å²) in [5, 5.41) is 2.68. The van der Waals surface area contributed by atoms with Crippen LogP contribution in [0.3, 0.4) is 0 Å². The maximum Gasteiger partial charge on any atom is 0.416 e. The van der Waals surface area contributed by atoms with Gasteiger partial charge in [0.25, 0.3) is 5.91 Å². The number of carbonyl (C=O) groups excluding carboxylic acids is 1. The molecule has 0 radical (unpaired) electrons.